The van der Waals surface area contributed by atoms with Crippen molar-refractivity contribution in [3.8, 4) is 28.2 Å². The molecule has 42 heavy (non-hydrogen) atoms. The van der Waals surface area contributed by atoms with E-state index >= 15 is 0 Å². The molecule has 0 fully saturated rings. The van der Waals surface area contributed by atoms with Crippen LogP contribution in [0.5, 0.6) is 0 Å². The van der Waals surface area contributed by atoms with E-state index in [2.05, 4.69) is 125 Å². The molecule has 9 aromatic rings. The minimum absolute atomic E-state index is 0.793. The van der Waals surface area contributed by atoms with Crippen LogP contribution in [-0.4, -0.2) is 14.5 Å². The average molecular weight is 538 g/mol. The summed E-state index contributed by atoms with van der Waals surface area (Å²) in [5, 5.41) is 5.78. The van der Waals surface area contributed by atoms with Crippen LogP contribution < -0.4 is 0 Å². The molecule has 0 saturated carbocycles. The maximum atomic E-state index is 6.36. The van der Waals surface area contributed by atoms with Crippen molar-refractivity contribution >= 4 is 54.6 Å². The van der Waals surface area contributed by atoms with E-state index in [1.807, 2.05) is 24.4 Å². The lowest BCUT2D eigenvalue weighted by molar-refractivity contribution is 0.669. The van der Waals surface area contributed by atoms with E-state index in [-0.39, 0.29) is 0 Å². The Labute approximate surface area is 241 Å². The van der Waals surface area contributed by atoms with E-state index in [9.17, 15) is 0 Å². The molecule has 9 rings (SSSR count). The van der Waals surface area contributed by atoms with Crippen molar-refractivity contribution in [2.75, 3.05) is 0 Å². The van der Waals surface area contributed by atoms with Crippen LogP contribution in [0.25, 0.3) is 82.8 Å². The highest BCUT2D eigenvalue weighted by atomic mass is 16.3. The molecule has 6 aromatic carbocycles. The molecule has 0 unspecified atom stereocenters. The summed E-state index contributed by atoms with van der Waals surface area (Å²) in [5.41, 5.74) is 8.84. The van der Waals surface area contributed by atoms with Crippen molar-refractivity contribution in [1.82, 2.24) is 14.5 Å². The fraction of sp³-hybridized carbons (Fsp3) is 0. The lowest BCUT2D eigenvalue weighted by atomic mass is 9.99. The van der Waals surface area contributed by atoms with Gasteiger partial charge in [-0.1, -0.05) is 103 Å². The number of aromatic nitrogens is 3. The molecule has 0 bridgehead atoms. The van der Waals surface area contributed by atoms with Crippen molar-refractivity contribution in [3.63, 3.8) is 0 Å². The minimum Gasteiger partial charge on any atom is -0.454 e. The van der Waals surface area contributed by atoms with Gasteiger partial charge < -0.3 is 4.42 Å². The minimum atomic E-state index is 0.793. The predicted molar refractivity (Wildman–Crippen MR) is 172 cm³/mol. The number of fused-ring (bicyclic) bond motifs is 9. The normalized spacial score (nSPS) is 11.8. The quantitative estimate of drug-likeness (QED) is 0.211. The van der Waals surface area contributed by atoms with Gasteiger partial charge in [0.25, 0.3) is 0 Å². The van der Waals surface area contributed by atoms with E-state index in [0.29, 0.717) is 0 Å². The third-order valence-corrected chi connectivity index (χ3v) is 8.23. The highest BCUT2D eigenvalue weighted by Crippen LogP contribution is 2.40. The zero-order valence-corrected chi connectivity index (χ0v) is 22.5. The molecule has 0 radical (unpaired) electrons. The summed E-state index contributed by atoms with van der Waals surface area (Å²) in [6.07, 6.45) is 1.81. The number of furan rings is 1. The third-order valence-electron chi connectivity index (χ3n) is 8.23. The van der Waals surface area contributed by atoms with Gasteiger partial charge >= 0.3 is 0 Å². The Hall–Kier alpha value is -5.74. The van der Waals surface area contributed by atoms with Gasteiger partial charge in [0, 0.05) is 39.2 Å². The summed E-state index contributed by atoms with van der Waals surface area (Å²) in [4.78, 5) is 9.94. The molecule has 196 valence electrons. The van der Waals surface area contributed by atoms with Crippen LogP contribution in [0.2, 0.25) is 0 Å². The maximum absolute atomic E-state index is 6.36. The van der Waals surface area contributed by atoms with Crippen LogP contribution in [0.15, 0.2) is 144 Å². The van der Waals surface area contributed by atoms with Crippen LogP contribution in [0, 0.1) is 0 Å². The zero-order chi connectivity index (χ0) is 27.6. The van der Waals surface area contributed by atoms with Gasteiger partial charge in [0.2, 0.25) is 0 Å². The van der Waals surface area contributed by atoms with Crippen LogP contribution in [0.1, 0.15) is 0 Å². The number of pyridine rings is 1. The van der Waals surface area contributed by atoms with E-state index in [4.69, 9.17) is 9.40 Å². The lowest BCUT2D eigenvalue weighted by Gasteiger charge is -2.14. The molecule has 4 nitrogen and oxygen atoms in total. The SMILES string of the molecule is c1ccc(-c2nc3c4ccccc4c4ccccc4c3n2-c2cccc(-c3cccc4c3oc3cccnc34)c2)cc1. The van der Waals surface area contributed by atoms with Gasteiger partial charge in [-0.15, -0.1) is 0 Å². The predicted octanol–water partition coefficient (Wildman–Crippen LogP) is 9.96. The molecule has 0 aliphatic heterocycles. The molecule has 0 saturated heterocycles. The summed E-state index contributed by atoms with van der Waals surface area (Å²) in [6, 6.07) is 46.5. The fourth-order valence-corrected chi connectivity index (χ4v) is 6.40. The second-order valence-electron chi connectivity index (χ2n) is 10.6. The Balaban J connectivity index is 1.38. The molecule has 0 atom stereocenters. The van der Waals surface area contributed by atoms with Gasteiger partial charge in [-0.25, -0.2) is 4.98 Å². The Morgan fingerprint density at radius 2 is 1.21 bits per heavy atom. The summed E-state index contributed by atoms with van der Waals surface area (Å²) in [7, 11) is 0. The molecule has 0 N–H and O–H groups in total. The largest absolute Gasteiger partial charge is 0.454 e. The van der Waals surface area contributed by atoms with Crippen LogP contribution in [0.3, 0.4) is 0 Å². The Bertz CT molecular complexity index is 2470. The second-order valence-corrected chi connectivity index (χ2v) is 10.6. The van der Waals surface area contributed by atoms with Crippen LogP contribution in [-0.2, 0) is 0 Å². The third kappa shape index (κ3) is 3.29. The van der Waals surface area contributed by atoms with Gasteiger partial charge in [-0.05, 0) is 46.7 Å². The van der Waals surface area contributed by atoms with Crippen molar-refractivity contribution in [3.05, 3.63) is 140 Å². The maximum Gasteiger partial charge on any atom is 0.153 e. The Morgan fingerprint density at radius 3 is 2.07 bits per heavy atom. The fourth-order valence-electron chi connectivity index (χ4n) is 6.40. The monoisotopic (exact) mass is 537 g/mol. The van der Waals surface area contributed by atoms with Gasteiger partial charge in [0.05, 0.1) is 11.0 Å². The van der Waals surface area contributed by atoms with Gasteiger partial charge in [-0.3, -0.25) is 9.55 Å². The number of para-hydroxylation sites is 1. The molecule has 0 amide bonds. The second kappa shape index (κ2) is 8.88. The molecule has 4 heteroatoms. The average Bonchev–Trinajstić information content (AvgIpc) is 3.65. The molecule has 0 aliphatic carbocycles. The van der Waals surface area contributed by atoms with Crippen molar-refractivity contribution in [1.29, 1.82) is 0 Å². The first-order valence-corrected chi connectivity index (χ1v) is 14.1. The number of benzene rings is 6. The van der Waals surface area contributed by atoms with Gasteiger partial charge in [0.15, 0.2) is 5.58 Å². The molecule has 3 heterocycles. The lowest BCUT2D eigenvalue weighted by Crippen LogP contribution is -1.98. The number of nitrogens with zero attached hydrogens (tertiary/aromatic N) is 3. The van der Waals surface area contributed by atoms with Gasteiger partial charge in [-0.2, -0.15) is 0 Å². The van der Waals surface area contributed by atoms with Gasteiger partial charge in [0.1, 0.15) is 16.9 Å². The Morgan fingerprint density at radius 1 is 0.524 bits per heavy atom. The Kier molecular flexibility index (Phi) is 4.87. The van der Waals surface area contributed by atoms with E-state index in [1.54, 1.807) is 0 Å². The number of hydrogen-bond donors (Lipinski definition) is 0. The highest BCUT2D eigenvalue weighted by Gasteiger charge is 2.21. The summed E-state index contributed by atoms with van der Waals surface area (Å²) in [5.74, 6) is 0.912. The van der Waals surface area contributed by atoms with Crippen molar-refractivity contribution in [2.45, 2.75) is 0 Å². The number of hydrogen-bond acceptors (Lipinski definition) is 3. The highest BCUT2D eigenvalue weighted by molar-refractivity contribution is 6.24. The van der Waals surface area contributed by atoms with Crippen molar-refractivity contribution < 1.29 is 4.42 Å². The standard InChI is InChI=1S/C38H23N3O/c1-2-11-24(12-3-1)38-40-35-30-17-6-4-15-28(30)29-16-5-7-18-31(29)36(35)41(38)26-14-8-13-25(23-26)27-19-9-20-32-34-33(42-37(27)32)21-10-22-39-34/h1-23H. The first kappa shape index (κ1) is 23.0. The molecule has 0 spiro atoms. The number of rotatable bonds is 3. The van der Waals surface area contributed by atoms with Crippen LogP contribution >= 0.6 is 0 Å². The molecule has 0 aliphatic rings. The van der Waals surface area contributed by atoms with Crippen molar-refractivity contribution in [2.24, 2.45) is 0 Å². The molecular formula is C38H23N3O. The molecular weight excluding hydrogens is 514 g/mol. The summed E-state index contributed by atoms with van der Waals surface area (Å²) in [6.45, 7) is 0. The zero-order valence-electron chi connectivity index (χ0n) is 22.5. The first-order valence-electron chi connectivity index (χ1n) is 14.1. The first-order chi connectivity index (χ1) is 20.8. The van der Waals surface area contributed by atoms with Crippen LogP contribution in [0.4, 0.5) is 0 Å². The number of imidazole rings is 1. The van der Waals surface area contributed by atoms with E-state index < -0.39 is 0 Å². The summed E-state index contributed by atoms with van der Waals surface area (Å²) >= 11 is 0. The van der Waals surface area contributed by atoms with E-state index in [0.717, 1.165) is 66.7 Å². The topological polar surface area (TPSA) is 43.9 Å². The smallest absolute Gasteiger partial charge is 0.153 e. The summed E-state index contributed by atoms with van der Waals surface area (Å²) < 4.78 is 8.68. The van der Waals surface area contributed by atoms with E-state index in [1.165, 1.54) is 16.2 Å². The molecule has 3 aromatic heterocycles.